The van der Waals surface area contributed by atoms with Crippen molar-refractivity contribution < 1.29 is 9.90 Å². The van der Waals surface area contributed by atoms with E-state index >= 15 is 0 Å². The summed E-state index contributed by atoms with van der Waals surface area (Å²) in [6, 6.07) is 9.68. The molecule has 2 N–H and O–H groups in total. The largest absolute Gasteiger partial charge is 0.396 e. The number of aliphatic hydroxyl groups excluding tert-OH is 1. The Morgan fingerprint density at radius 1 is 1.41 bits per heavy atom. The SMILES string of the molecule is CSCC(CCO)NC(=O)c1cnn(-c2ccccc2)c1C. The van der Waals surface area contributed by atoms with Crippen molar-refractivity contribution in [3.8, 4) is 5.69 Å². The summed E-state index contributed by atoms with van der Waals surface area (Å²) >= 11 is 1.65. The molecule has 0 saturated heterocycles. The number of benzene rings is 1. The molecule has 0 aliphatic rings. The molecule has 1 atom stereocenters. The van der Waals surface area contributed by atoms with Crippen LogP contribution in [0.3, 0.4) is 0 Å². The predicted octanol–water partition coefficient (Wildman–Crippen LogP) is 2.02. The van der Waals surface area contributed by atoms with Gasteiger partial charge in [0.25, 0.3) is 5.91 Å². The molecule has 0 radical (unpaired) electrons. The summed E-state index contributed by atoms with van der Waals surface area (Å²) in [5.41, 5.74) is 2.29. The summed E-state index contributed by atoms with van der Waals surface area (Å²) in [5, 5.41) is 16.4. The van der Waals surface area contributed by atoms with Crippen molar-refractivity contribution >= 4 is 17.7 Å². The van der Waals surface area contributed by atoms with Gasteiger partial charge in [-0.2, -0.15) is 16.9 Å². The highest BCUT2D eigenvalue weighted by Gasteiger charge is 2.18. The molecule has 0 aliphatic heterocycles. The van der Waals surface area contributed by atoms with E-state index in [4.69, 9.17) is 5.11 Å². The van der Waals surface area contributed by atoms with Crippen LogP contribution in [-0.2, 0) is 0 Å². The lowest BCUT2D eigenvalue weighted by Gasteiger charge is -2.16. The van der Waals surface area contributed by atoms with Crippen molar-refractivity contribution in [1.29, 1.82) is 0 Å². The Morgan fingerprint density at radius 3 is 2.77 bits per heavy atom. The van der Waals surface area contributed by atoms with Gasteiger partial charge in [-0.25, -0.2) is 4.68 Å². The summed E-state index contributed by atoms with van der Waals surface area (Å²) < 4.78 is 1.75. The summed E-state index contributed by atoms with van der Waals surface area (Å²) in [7, 11) is 0. The fourth-order valence-corrected chi connectivity index (χ4v) is 2.93. The molecule has 0 saturated carbocycles. The van der Waals surface area contributed by atoms with Crippen molar-refractivity contribution in [3.05, 3.63) is 47.8 Å². The third kappa shape index (κ3) is 3.90. The molecule has 22 heavy (non-hydrogen) atoms. The molecule has 1 aromatic heterocycles. The van der Waals surface area contributed by atoms with Crippen LogP contribution in [0.2, 0.25) is 0 Å². The highest BCUT2D eigenvalue weighted by Crippen LogP contribution is 2.14. The Hall–Kier alpha value is -1.79. The van der Waals surface area contributed by atoms with Gasteiger partial charge in [0.05, 0.1) is 23.1 Å². The molecule has 0 spiro atoms. The molecule has 0 aliphatic carbocycles. The number of para-hydroxylation sites is 1. The van der Waals surface area contributed by atoms with Gasteiger partial charge in [0.1, 0.15) is 0 Å². The lowest BCUT2D eigenvalue weighted by molar-refractivity contribution is 0.0934. The minimum Gasteiger partial charge on any atom is -0.396 e. The first-order valence-electron chi connectivity index (χ1n) is 7.18. The van der Waals surface area contributed by atoms with Gasteiger partial charge < -0.3 is 10.4 Å². The topological polar surface area (TPSA) is 67.2 Å². The number of hydrogen-bond donors (Lipinski definition) is 2. The first-order valence-corrected chi connectivity index (χ1v) is 8.57. The van der Waals surface area contributed by atoms with E-state index in [1.807, 2.05) is 43.5 Å². The zero-order valence-corrected chi connectivity index (χ0v) is 13.6. The van der Waals surface area contributed by atoms with Crippen LogP contribution in [0.25, 0.3) is 5.69 Å². The van der Waals surface area contributed by atoms with Gasteiger partial charge in [0.2, 0.25) is 0 Å². The number of nitrogens with zero attached hydrogens (tertiary/aromatic N) is 2. The van der Waals surface area contributed by atoms with E-state index in [1.165, 1.54) is 0 Å². The van der Waals surface area contributed by atoms with Gasteiger partial charge in [-0.3, -0.25) is 4.79 Å². The van der Waals surface area contributed by atoms with Crippen LogP contribution in [0.5, 0.6) is 0 Å². The van der Waals surface area contributed by atoms with E-state index in [0.717, 1.165) is 17.1 Å². The molecule has 1 heterocycles. The smallest absolute Gasteiger partial charge is 0.255 e. The van der Waals surface area contributed by atoms with E-state index in [0.29, 0.717) is 12.0 Å². The second-order valence-corrected chi connectivity index (χ2v) is 5.94. The van der Waals surface area contributed by atoms with E-state index in [-0.39, 0.29) is 18.6 Å². The molecule has 1 unspecified atom stereocenters. The van der Waals surface area contributed by atoms with Gasteiger partial charge in [0, 0.05) is 18.4 Å². The number of nitrogens with one attached hydrogen (secondary N) is 1. The average Bonchev–Trinajstić information content (AvgIpc) is 2.90. The highest BCUT2D eigenvalue weighted by molar-refractivity contribution is 7.98. The van der Waals surface area contributed by atoms with E-state index < -0.39 is 0 Å². The maximum absolute atomic E-state index is 12.4. The maximum atomic E-state index is 12.4. The van der Waals surface area contributed by atoms with Crippen LogP contribution in [0.4, 0.5) is 0 Å². The number of hydrogen-bond acceptors (Lipinski definition) is 4. The molecule has 0 fully saturated rings. The highest BCUT2D eigenvalue weighted by atomic mass is 32.2. The van der Waals surface area contributed by atoms with Gasteiger partial charge in [-0.15, -0.1) is 0 Å². The second kappa shape index (κ2) is 8.00. The number of aliphatic hydroxyl groups is 1. The van der Waals surface area contributed by atoms with Crippen molar-refractivity contribution in [2.24, 2.45) is 0 Å². The lowest BCUT2D eigenvalue weighted by atomic mass is 10.2. The summed E-state index contributed by atoms with van der Waals surface area (Å²) in [5.74, 6) is 0.630. The summed E-state index contributed by atoms with van der Waals surface area (Å²) in [6.45, 7) is 1.94. The standard InChI is InChI=1S/C16H21N3O2S/c1-12-15(16(21)18-13(8-9-20)11-22-2)10-17-19(12)14-6-4-3-5-7-14/h3-7,10,13,20H,8-9,11H2,1-2H3,(H,18,21). The minimum absolute atomic E-state index is 0.0352. The average molecular weight is 319 g/mol. The number of aromatic nitrogens is 2. The zero-order valence-electron chi connectivity index (χ0n) is 12.8. The molecule has 2 aromatic rings. The Bertz CT molecular complexity index is 607. The zero-order chi connectivity index (χ0) is 15.9. The third-order valence-corrected chi connectivity index (χ3v) is 4.17. The molecular formula is C16H21N3O2S. The number of amides is 1. The molecule has 1 aromatic carbocycles. The van der Waals surface area contributed by atoms with E-state index in [9.17, 15) is 4.79 Å². The molecule has 118 valence electrons. The van der Waals surface area contributed by atoms with Crippen LogP contribution in [-0.4, -0.2) is 45.5 Å². The molecule has 2 rings (SSSR count). The fraction of sp³-hybridized carbons (Fsp3) is 0.375. The van der Waals surface area contributed by atoms with Crippen molar-refractivity contribution in [3.63, 3.8) is 0 Å². The molecule has 6 heteroatoms. The Labute approximate surface area is 134 Å². The van der Waals surface area contributed by atoms with Crippen molar-refractivity contribution in [2.45, 2.75) is 19.4 Å². The molecule has 0 bridgehead atoms. The molecular weight excluding hydrogens is 298 g/mol. The van der Waals surface area contributed by atoms with Crippen molar-refractivity contribution in [2.75, 3.05) is 18.6 Å². The van der Waals surface area contributed by atoms with Crippen LogP contribution in [0.1, 0.15) is 22.5 Å². The number of carbonyl (C=O) groups is 1. The van der Waals surface area contributed by atoms with Gasteiger partial charge in [0.15, 0.2) is 0 Å². The summed E-state index contributed by atoms with van der Waals surface area (Å²) in [6.07, 6.45) is 4.13. The Kier molecular flexibility index (Phi) is 6.03. The predicted molar refractivity (Wildman–Crippen MR) is 89.6 cm³/mol. The van der Waals surface area contributed by atoms with E-state index in [1.54, 1.807) is 22.6 Å². The summed E-state index contributed by atoms with van der Waals surface area (Å²) in [4.78, 5) is 12.4. The van der Waals surface area contributed by atoms with Crippen LogP contribution < -0.4 is 5.32 Å². The molecule has 1 amide bonds. The Balaban J connectivity index is 2.16. The van der Waals surface area contributed by atoms with Gasteiger partial charge in [-0.05, 0) is 31.7 Å². The van der Waals surface area contributed by atoms with Crippen LogP contribution in [0, 0.1) is 6.92 Å². The Morgan fingerprint density at radius 2 is 2.14 bits per heavy atom. The van der Waals surface area contributed by atoms with Gasteiger partial charge >= 0.3 is 0 Å². The van der Waals surface area contributed by atoms with Crippen molar-refractivity contribution in [1.82, 2.24) is 15.1 Å². The normalized spacial score (nSPS) is 12.1. The van der Waals surface area contributed by atoms with Crippen LogP contribution in [0.15, 0.2) is 36.5 Å². The molecule has 5 nitrogen and oxygen atoms in total. The first kappa shape index (κ1) is 16.6. The minimum atomic E-state index is -0.146. The number of rotatable bonds is 7. The first-order chi connectivity index (χ1) is 10.7. The monoisotopic (exact) mass is 319 g/mol. The fourth-order valence-electron chi connectivity index (χ4n) is 2.28. The third-order valence-electron chi connectivity index (χ3n) is 3.44. The van der Waals surface area contributed by atoms with Crippen LogP contribution >= 0.6 is 11.8 Å². The lowest BCUT2D eigenvalue weighted by Crippen LogP contribution is -2.37. The van der Waals surface area contributed by atoms with E-state index in [2.05, 4.69) is 10.4 Å². The van der Waals surface area contributed by atoms with Gasteiger partial charge in [-0.1, -0.05) is 18.2 Å². The quantitative estimate of drug-likeness (QED) is 0.819. The second-order valence-electron chi connectivity index (χ2n) is 5.03. The number of thioether (sulfide) groups is 1. The number of carbonyl (C=O) groups excluding carboxylic acids is 1. The maximum Gasteiger partial charge on any atom is 0.255 e.